The predicted octanol–water partition coefficient (Wildman–Crippen LogP) is 3.90. The standard InChI is InChI=1S/C22H18N2O3/c1-14-17-10-4-5-12-19(17)27-21(14)22(26)24-23-20(25)13-16-9-6-8-15-7-2-3-11-18(15)16/h2-12H,13H2,1H3,(H,23,25)(H,24,26). The highest BCUT2D eigenvalue weighted by atomic mass is 16.3. The fourth-order valence-electron chi connectivity index (χ4n) is 3.24. The Bertz CT molecular complexity index is 1160. The van der Waals surface area contributed by atoms with Crippen molar-refractivity contribution in [2.75, 3.05) is 0 Å². The van der Waals surface area contributed by atoms with Crippen molar-refractivity contribution in [1.82, 2.24) is 10.9 Å². The van der Waals surface area contributed by atoms with Crippen LogP contribution < -0.4 is 10.9 Å². The van der Waals surface area contributed by atoms with Crippen LogP contribution in [0.5, 0.6) is 0 Å². The van der Waals surface area contributed by atoms with Crippen LogP contribution in [-0.4, -0.2) is 11.8 Å². The number of furan rings is 1. The third kappa shape index (κ3) is 3.27. The topological polar surface area (TPSA) is 71.3 Å². The van der Waals surface area contributed by atoms with Crippen LogP contribution in [-0.2, 0) is 11.2 Å². The average molecular weight is 358 g/mol. The highest BCUT2D eigenvalue weighted by Crippen LogP contribution is 2.24. The Hall–Kier alpha value is -3.60. The van der Waals surface area contributed by atoms with Crippen molar-refractivity contribution >= 4 is 33.6 Å². The van der Waals surface area contributed by atoms with Gasteiger partial charge in [0.1, 0.15) is 5.58 Å². The Morgan fingerprint density at radius 1 is 0.852 bits per heavy atom. The van der Waals surface area contributed by atoms with E-state index in [-0.39, 0.29) is 18.1 Å². The lowest BCUT2D eigenvalue weighted by Gasteiger charge is -2.08. The first-order valence-electron chi connectivity index (χ1n) is 8.67. The molecule has 0 aliphatic rings. The van der Waals surface area contributed by atoms with E-state index >= 15 is 0 Å². The molecule has 4 aromatic rings. The van der Waals surface area contributed by atoms with Crippen molar-refractivity contribution in [3.63, 3.8) is 0 Å². The van der Waals surface area contributed by atoms with Gasteiger partial charge in [0.15, 0.2) is 5.76 Å². The molecule has 0 atom stereocenters. The Morgan fingerprint density at radius 2 is 1.56 bits per heavy atom. The smallest absolute Gasteiger partial charge is 0.305 e. The number of amides is 2. The van der Waals surface area contributed by atoms with E-state index in [4.69, 9.17) is 4.42 Å². The van der Waals surface area contributed by atoms with Gasteiger partial charge in [-0.1, -0.05) is 60.7 Å². The van der Waals surface area contributed by atoms with Crippen molar-refractivity contribution in [1.29, 1.82) is 0 Å². The van der Waals surface area contributed by atoms with Gasteiger partial charge in [0, 0.05) is 10.9 Å². The summed E-state index contributed by atoms with van der Waals surface area (Å²) in [4.78, 5) is 24.7. The van der Waals surface area contributed by atoms with Gasteiger partial charge in [0.25, 0.3) is 0 Å². The average Bonchev–Trinajstić information content (AvgIpc) is 3.03. The number of hydrogen-bond acceptors (Lipinski definition) is 3. The first-order chi connectivity index (χ1) is 13.1. The molecule has 0 bridgehead atoms. The van der Waals surface area contributed by atoms with E-state index in [0.717, 1.165) is 27.3 Å². The van der Waals surface area contributed by atoms with Crippen LogP contribution >= 0.6 is 0 Å². The third-order valence-corrected chi connectivity index (χ3v) is 4.60. The largest absolute Gasteiger partial charge is 0.451 e. The van der Waals surface area contributed by atoms with Crippen LogP contribution in [0.25, 0.3) is 21.7 Å². The molecule has 4 rings (SSSR count). The monoisotopic (exact) mass is 358 g/mol. The molecule has 0 aliphatic heterocycles. The summed E-state index contributed by atoms with van der Waals surface area (Å²) in [6, 6.07) is 21.1. The van der Waals surface area contributed by atoms with E-state index in [2.05, 4.69) is 10.9 Å². The number of hydrazine groups is 1. The molecule has 2 N–H and O–H groups in total. The number of carbonyl (C=O) groups excluding carboxylic acids is 2. The van der Waals surface area contributed by atoms with Crippen LogP contribution in [0.1, 0.15) is 21.7 Å². The molecule has 5 heteroatoms. The molecule has 0 aliphatic carbocycles. The van der Waals surface area contributed by atoms with Crippen LogP contribution in [0.4, 0.5) is 0 Å². The zero-order valence-corrected chi connectivity index (χ0v) is 14.8. The summed E-state index contributed by atoms with van der Waals surface area (Å²) < 4.78 is 5.61. The molecule has 1 heterocycles. The van der Waals surface area contributed by atoms with E-state index in [0.29, 0.717) is 5.58 Å². The molecule has 0 radical (unpaired) electrons. The lowest BCUT2D eigenvalue weighted by molar-refractivity contribution is -0.121. The maximum Gasteiger partial charge on any atom is 0.305 e. The number of nitrogens with one attached hydrogen (secondary N) is 2. The molecule has 27 heavy (non-hydrogen) atoms. The molecule has 134 valence electrons. The van der Waals surface area contributed by atoms with Gasteiger partial charge in [-0.05, 0) is 29.3 Å². The van der Waals surface area contributed by atoms with Gasteiger partial charge >= 0.3 is 5.91 Å². The molecule has 0 fully saturated rings. The maximum atomic E-state index is 12.4. The molecule has 0 saturated heterocycles. The lowest BCUT2D eigenvalue weighted by Crippen LogP contribution is -2.42. The Kier molecular flexibility index (Phi) is 4.34. The van der Waals surface area contributed by atoms with Crippen molar-refractivity contribution < 1.29 is 14.0 Å². The first-order valence-corrected chi connectivity index (χ1v) is 8.67. The van der Waals surface area contributed by atoms with Gasteiger partial charge in [0.05, 0.1) is 6.42 Å². The highest BCUT2D eigenvalue weighted by Gasteiger charge is 2.18. The van der Waals surface area contributed by atoms with E-state index < -0.39 is 5.91 Å². The summed E-state index contributed by atoms with van der Waals surface area (Å²) in [7, 11) is 0. The molecule has 0 saturated carbocycles. The molecule has 1 aromatic heterocycles. The van der Waals surface area contributed by atoms with E-state index in [1.165, 1.54) is 0 Å². The van der Waals surface area contributed by atoms with Gasteiger partial charge in [-0.15, -0.1) is 0 Å². The number of carbonyl (C=O) groups is 2. The maximum absolute atomic E-state index is 12.4. The quantitative estimate of drug-likeness (QED) is 0.546. The van der Waals surface area contributed by atoms with Crippen LogP contribution in [0, 0.1) is 6.92 Å². The number of hydrogen-bond donors (Lipinski definition) is 2. The first kappa shape index (κ1) is 16.8. The fraction of sp³-hybridized carbons (Fsp3) is 0.0909. The Balaban J connectivity index is 1.45. The van der Waals surface area contributed by atoms with Crippen molar-refractivity contribution in [2.24, 2.45) is 0 Å². The summed E-state index contributed by atoms with van der Waals surface area (Å²) in [6.07, 6.45) is 0.167. The summed E-state index contributed by atoms with van der Waals surface area (Å²) in [5.41, 5.74) is 7.19. The van der Waals surface area contributed by atoms with E-state index in [9.17, 15) is 9.59 Å². The number of para-hydroxylation sites is 1. The normalized spacial score (nSPS) is 10.9. The second-order valence-corrected chi connectivity index (χ2v) is 6.37. The van der Waals surface area contributed by atoms with Gasteiger partial charge in [0.2, 0.25) is 5.91 Å². The van der Waals surface area contributed by atoms with Crippen LogP contribution in [0.15, 0.2) is 71.1 Å². The highest BCUT2D eigenvalue weighted by molar-refractivity contribution is 5.99. The molecule has 2 amide bonds. The van der Waals surface area contributed by atoms with Crippen LogP contribution in [0.3, 0.4) is 0 Å². The second-order valence-electron chi connectivity index (χ2n) is 6.37. The van der Waals surface area contributed by atoms with Gasteiger partial charge in [-0.2, -0.15) is 0 Å². The lowest BCUT2D eigenvalue weighted by atomic mass is 10.0. The SMILES string of the molecule is Cc1c(C(=O)NNC(=O)Cc2cccc3ccccc23)oc2ccccc12. The minimum atomic E-state index is -0.477. The van der Waals surface area contributed by atoms with Gasteiger partial charge in [-0.25, -0.2) is 0 Å². The van der Waals surface area contributed by atoms with Crippen molar-refractivity contribution in [3.05, 3.63) is 83.6 Å². The van der Waals surface area contributed by atoms with Gasteiger partial charge in [-0.3, -0.25) is 20.4 Å². The minimum absolute atomic E-state index is 0.167. The zero-order chi connectivity index (χ0) is 18.8. The third-order valence-electron chi connectivity index (χ3n) is 4.60. The van der Waals surface area contributed by atoms with Gasteiger partial charge < -0.3 is 4.42 Å². The number of rotatable bonds is 3. The summed E-state index contributed by atoms with van der Waals surface area (Å²) in [5.74, 6) is -0.579. The second kappa shape index (κ2) is 6.96. The summed E-state index contributed by atoms with van der Waals surface area (Å²) >= 11 is 0. The molecule has 5 nitrogen and oxygen atoms in total. The Morgan fingerprint density at radius 3 is 2.37 bits per heavy atom. The van der Waals surface area contributed by atoms with Crippen molar-refractivity contribution in [2.45, 2.75) is 13.3 Å². The molecule has 0 unspecified atom stereocenters. The zero-order valence-electron chi connectivity index (χ0n) is 14.8. The fourth-order valence-corrected chi connectivity index (χ4v) is 3.24. The molecule has 3 aromatic carbocycles. The van der Waals surface area contributed by atoms with E-state index in [1.54, 1.807) is 6.07 Å². The number of aryl methyl sites for hydroxylation is 1. The molecule has 0 spiro atoms. The number of benzene rings is 3. The predicted molar refractivity (Wildman–Crippen MR) is 104 cm³/mol. The van der Waals surface area contributed by atoms with Crippen LogP contribution in [0.2, 0.25) is 0 Å². The van der Waals surface area contributed by atoms with E-state index in [1.807, 2.05) is 67.6 Å². The summed E-state index contributed by atoms with van der Waals surface area (Å²) in [5, 5.41) is 2.98. The molecular weight excluding hydrogens is 340 g/mol. The molecular formula is C22H18N2O3. The Labute approximate surface area is 155 Å². The summed E-state index contributed by atoms with van der Waals surface area (Å²) in [6.45, 7) is 1.82. The van der Waals surface area contributed by atoms with Crippen molar-refractivity contribution in [3.8, 4) is 0 Å². The minimum Gasteiger partial charge on any atom is -0.451 e. The number of fused-ring (bicyclic) bond motifs is 2.